The van der Waals surface area contributed by atoms with E-state index >= 15 is 8.78 Å². The number of hydrogen-bond donors (Lipinski definition) is 5. The lowest BCUT2D eigenvalue weighted by molar-refractivity contribution is -0.192. The molecule has 6 N–H and O–H groups in total. The number of aliphatic carboxylic acids is 1. The number of alkyl halides is 3. The minimum atomic E-state index is -5.08. The van der Waals surface area contributed by atoms with Gasteiger partial charge in [-0.3, -0.25) is 10.2 Å². The number of carbonyl (C=O) groups is 3. The molecule has 0 atom stereocenters. The summed E-state index contributed by atoms with van der Waals surface area (Å²) in [4.78, 5) is 39.5. The minimum Gasteiger partial charge on any atom is -0.496 e. The number of nitrogens with two attached hydrogens (primary N) is 1. The highest BCUT2D eigenvalue weighted by Crippen LogP contribution is 2.40. The molecule has 4 aromatic rings. The summed E-state index contributed by atoms with van der Waals surface area (Å²) < 4.78 is 80.6. The maximum absolute atomic E-state index is 16.2. The molecule has 0 fully saturated rings. The van der Waals surface area contributed by atoms with Gasteiger partial charge in [0.2, 0.25) is 11.6 Å². The highest BCUT2D eigenvalue weighted by molar-refractivity contribution is 5.99. The number of carboxylic acids is 2. The lowest BCUT2D eigenvalue weighted by Gasteiger charge is -2.33. The number of carboxylic acid groups (broad SMARTS) is 2. The number of nitrogens with one attached hydrogen (secondary N) is 2. The number of pyridine rings is 1. The molecule has 1 amide bonds. The van der Waals surface area contributed by atoms with Crippen LogP contribution in [0.1, 0.15) is 59.5 Å². The van der Waals surface area contributed by atoms with Crippen LogP contribution in [0.2, 0.25) is 0 Å². The van der Waals surface area contributed by atoms with Crippen molar-refractivity contribution < 1.29 is 60.8 Å². The molecular formula is C36H36F5N5O8. The summed E-state index contributed by atoms with van der Waals surface area (Å²) in [6, 6.07) is 15.8. The SMILES string of the molecule is COc1ccccc1CNC(=O)c1ccc(Oc2nc(Oc3cccc(C(=N)N)c3)c(F)c(N(C(C)C)C(C)C)c2F)c(C(=O)O)c1.O=C(O)C(F)(F)F. The zero-order valence-corrected chi connectivity index (χ0v) is 29.4. The van der Waals surface area contributed by atoms with Crippen LogP contribution in [0.15, 0.2) is 66.7 Å². The zero-order valence-electron chi connectivity index (χ0n) is 29.4. The average Bonchev–Trinajstić information content (AvgIpc) is 3.10. The largest absolute Gasteiger partial charge is 0.496 e. The van der Waals surface area contributed by atoms with Crippen LogP contribution in [0, 0.1) is 17.0 Å². The molecule has 0 bridgehead atoms. The van der Waals surface area contributed by atoms with E-state index in [-0.39, 0.29) is 41.5 Å². The molecule has 18 heteroatoms. The summed E-state index contributed by atoms with van der Waals surface area (Å²) >= 11 is 0. The smallest absolute Gasteiger partial charge is 0.490 e. The predicted octanol–water partition coefficient (Wildman–Crippen LogP) is 7.12. The van der Waals surface area contributed by atoms with Gasteiger partial charge in [0.1, 0.15) is 34.3 Å². The molecule has 0 aliphatic carbocycles. The van der Waals surface area contributed by atoms with Crippen molar-refractivity contribution in [2.24, 2.45) is 5.73 Å². The molecule has 13 nitrogen and oxygen atoms in total. The van der Waals surface area contributed by atoms with E-state index in [1.807, 2.05) is 0 Å². The number of nitrogens with zero attached hydrogens (tertiary/aromatic N) is 2. The normalized spacial score (nSPS) is 11.0. The Morgan fingerprint density at radius 2 is 1.46 bits per heavy atom. The lowest BCUT2D eigenvalue weighted by Crippen LogP contribution is -2.38. The Hall–Kier alpha value is -6.46. The second kappa shape index (κ2) is 17.8. The molecule has 0 saturated heterocycles. The third kappa shape index (κ3) is 10.5. The number of aromatic carboxylic acids is 1. The summed E-state index contributed by atoms with van der Waals surface area (Å²) in [5.74, 6) is -8.51. The van der Waals surface area contributed by atoms with Gasteiger partial charge in [-0.15, -0.1) is 0 Å². The van der Waals surface area contributed by atoms with Crippen LogP contribution in [0.5, 0.6) is 29.0 Å². The standard InChI is InChI=1S/C34H35F2N5O6.C2HF3O2/c1-18(2)41(19(3)4)29-27(35)32(46-23-11-8-10-20(15-23)30(37)38)40-33(28(29)36)47-26-14-13-21(16-24(26)34(43)44)31(42)39-17-22-9-6-7-12-25(22)45-5;3-2(4,5)1(6)7/h6-16,18-19H,17H2,1-5H3,(H3,37,38)(H,39,42)(H,43,44);(H,6,7). The Kier molecular flexibility index (Phi) is 13.9. The van der Waals surface area contributed by atoms with Gasteiger partial charge in [0, 0.05) is 35.3 Å². The van der Waals surface area contributed by atoms with Gasteiger partial charge in [-0.1, -0.05) is 30.3 Å². The summed E-state index contributed by atoms with van der Waals surface area (Å²) in [6.07, 6.45) is -5.08. The van der Waals surface area contributed by atoms with Crippen LogP contribution in [0.25, 0.3) is 0 Å². The predicted molar refractivity (Wildman–Crippen MR) is 186 cm³/mol. The van der Waals surface area contributed by atoms with E-state index in [1.165, 1.54) is 42.3 Å². The molecule has 0 aliphatic heterocycles. The quantitative estimate of drug-likeness (QED) is 0.0528. The Labute approximate surface area is 305 Å². The monoisotopic (exact) mass is 761 g/mol. The fourth-order valence-corrected chi connectivity index (χ4v) is 4.96. The maximum atomic E-state index is 16.2. The van der Waals surface area contributed by atoms with E-state index in [9.17, 15) is 27.9 Å². The molecular weight excluding hydrogens is 725 g/mol. The van der Waals surface area contributed by atoms with Crippen molar-refractivity contribution in [2.45, 2.75) is 52.5 Å². The first-order valence-electron chi connectivity index (χ1n) is 15.8. The molecule has 0 aliphatic rings. The van der Waals surface area contributed by atoms with Crippen LogP contribution in [-0.2, 0) is 11.3 Å². The maximum Gasteiger partial charge on any atom is 0.490 e. The third-order valence-corrected chi connectivity index (χ3v) is 7.28. The molecule has 4 rings (SSSR count). The molecule has 0 saturated carbocycles. The molecule has 0 radical (unpaired) electrons. The fraction of sp³-hybridized carbons (Fsp3) is 0.250. The number of nitrogen functional groups attached to an aromatic ring is 1. The second-order valence-corrected chi connectivity index (χ2v) is 11.8. The van der Waals surface area contributed by atoms with Crippen LogP contribution >= 0.6 is 0 Å². The number of amides is 1. The van der Waals surface area contributed by atoms with E-state index in [1.54, 1.807) is 58.0 Å². The molecule has 1 aromatic heterocycles. The number of benzene rings is 3. The van der Waals surface area contributed by atoms with E-state index in [2.05, 4.69) is 10.3 Å². The first-order chi connectivity index (χ1) is 25.3. The fourth-order valence-electron chi connectivity index (χ4n) is 4.96. The van der Waals surface area contributed by atoms with Gasteiger partial charge < -0.3 is 40.4 Å². The van der Waals surface area contributed by atoms with Crippen molar-refractivity contribution in [3.63, 3.8) is 0 Å². The molecule has 3 aromatic carbocycles. The van der Waals surface area contributed by atoms with E-state index in [0.717, 1.165) is 6.07 Å². The molecule has 288 valence electrons. The number of amidine groups is 1. The minimum absolute atomic E-state index is 0.00181. The highest BCUT2D eigenvalue weighted by Gasteiger charge is 2.38. The number of hydrogen-bond acceptors (Lipinski definition) is 9. The van der Waals surface area contributed by atoms with Crippen molar-refractivity contribution in [3.8, 4) is 29.0 Å². The number of ether oxygens (including phenoxy) is 3. The summed E-state index contributed by atoms with van der Waals surface area (Å²) in [7, 11) is 1.50. The zero-order chi connectivity index (χ0) is 40.5. The molecule has 0 spiro atoms. The van der Waals surface area contributed by atoms with Gasteiger partial charge in [0.05, 0.1) is 7.11 Å². The van der Waals surface area contributed by atoms with Gasteiger partial charge in [0.25, 0.3) is 17.7 Å². The van der Waals surface area contributed by atoms with Crippen LogP contribution in [-0.4, -0.2) is 64.2 Å². The number of methoxy groups -OCH3 is 1. The number of rotatable bonds is 13. The van der Waals surface area contributed by atoms with Gasteiger partial charge in [-0.25, -0.2) is 9.59 Å². The Morgan fingerprint density at radius 3 is 2.00 bits per heavy atom. The third-order valence-electron chi connectivity index (χ3n) is 7.28. The van der Waals surface area contributed by atoms with Gasteiger partial charge in [-0.2, -0.15) is 26.9 Å². The number of aromatic nitrogens is 1. The Bertz CT molecular complexity index is 2020. The average molecular weight is 762 g/mol. The Balaban J connectivity index is 0.00000102. The second-order valence-electron chi connectivity index (χ2n) is 11.8. The number of halogens is 5. The van der Waals surface area contributed by atoms with Crippen molar-refractivity contribution in [1.82, 2.24) is 10.3 Å². The van der Waals surface area contributed by atoms with Crippen LogP contribution < -0.4 is 30.2 Å². The summed E-state index contributed by atoms with van der Waals surface area (Å²) in [6.45, 7) is 7.10. The van der Waals surface area contributed by atoms with Crippen molar-refractivity contribution in [2.75, 3.05) is 12.0 Å². The van der Waals surface area contributed by atoms with Crippen LogP contribution in [0.3, 0.4) is 0 Å². The first kappa shape index (κ1) is 42.0. The summed E-state index contributed by atoms with van der Waals surface area (Å²) in [5.41, 5.74) is 5.61. The van der Waals surface area contributed by atoms with Crippen molar-refractivity contribution in [3.05, 3.63) is 101 Å². The van der Waals surface area contributed by atoms with Gasteiger partial charge in [-0.05, 0) is 64.1 Å². The summed E-state index contributed by atoms with van der Waals surface area (Å²) in [5, 5.41) is 27.5. The van der Waals surface area contributed by atoms with Crippen molar-refractivity contribution >= 4 is 29.4 Å². The van der Waals surface area contributed by atoms with Crippen molar-refractivity contribution in [1.29, 1.82) is 5.41 Å². The van der Waals surface area contributed by atoms with Gasteiger partial charge in [0.15, 0.2) is 0 Å². The van der Waals surface area contributed by atoms with E-state index in [4.69, 9.17) is 35.3 Å². The number of para-hydroxylation sites is 1. The number of carbonyl (C=O) groups excluding carboxylic acids is 1. The first-order valence-corrected chi connectivity index (χ1v) is 15.8. The topological polar surface area (TPSA) is 197 Å². The van der Waals surface area contributed by atoms with E-state index < -0.39 is 58.7 Å². The number of anilines is 1. The van der Waals surface area contributed by atoms with Crippen LogP contribution in [0.4, 0.5) is 27.6 Å². The van der Waals surface area contributed by atoms with E-state index in [0.29, 0.717) is 16.9 Å². The Morgan fingerprint density at radius 1 is 0.870 bits per heavy atom. The molecule has 54 heavy (non-hydrogen) atoms. The molecule has 0 unspecified atom stereocenters. The highest BCUT2D eigenvalue weighted by atomic mass is 19.4. The van der Waals surface area contributed by atoms with Gasteiger partial charge >= 0.3 is 18.1 Å². The lowest BCUT2D eigenvalue weighted by atomic mass is 10.1. The molecule has 1 heterocycles.